The van der Waals surface area contributed by atoms with E-state index in [2.05, 4.69) is 20.7 Å². The zero-order valence-corrected chi connectivity index (χ0v) is 11.4. The molecule has 5 nitrogen and oxygen atoms in total. The molecule has 20 heavy (non-hydrogen) atoms. The molecule has 2 rings (SSSR count). The van der Waals surface area contributed by atoms with Crippen LogP contribution in [0.2, 0.25) is 0 Å². The van der Waals surface area contributed by atoms with E-state index in [9.17, 15) is 8.78 Å². The van der Waals surface area contributed by atoms with Gasteiger partial charge in [-0.3, -0.25) is 0 Å². The van der Waals surface area contributed by atoms with Crippen molar-refractivity contribution in [1.29, 1.82) is 0 Å². The van der Waals surface area contributed by atoms with Crippen LogP contribution in [0.5, 0.6) is 0 Å². The number of aromatic nitrogens is 2. The van der Waals surface area contributed by atoms with Crippen LogP contribution in [0.4, 0.5) is 26.1 Å². The van der Waals surface area contributed by atoms with Gasteiger partial charge in [0.1, 0.15) is 18.0 Å². The Morgan fingerprint density at radius 1 is 1.20 bits per heavy atom. The van der Waals surface area contributed by atoms with Crippen molar-refractivity contribution in [1.82, 2.24) is 9.97 Å². The molecule has 1 heterocycles. The van der Waals surface area contributed by atoms with Crippen LogP contribution in [0.3, 0.4) is 0 Å². The number of nitrogens with one attached hydrogen (secondary N) is 2. The Morgan fingerprint density at radius 3 is 2.60 bits per heavy atom. The lowest BCUT2D eigenvalue weighted by atomic mass is 10.2. The number of thioether (sulfide) groups is 1. The number of benzene rings is 1. The van der Waals surface area contributed by atoms with Crippen LogP contribution in [-0.2, 0) is 0 Å². The van der Waals surface area contributed by atoms with Crippen LogP contribution in [0.15, 0.2) is 35.5 Å². The Balaban J connectivity index is 2.30. The highest BCUT2D eigenvalue weighted by molar-refractivity contribution is 7.99. The second-order valence-corrected chi connectivity index (χ2v) is 4.87. The van der Waals surface area contributed by atoms with Gasteiger partial charge in [-0.05, 0) is 19.1 Å². The second kappa shape index (κ2) is 6.49. The average Bonchev–Trinajstić information content (AvgIpc) is 2.42. The molecule has 0 bridgehead atoms. The van der Waals surface area contributed by atoms with Crippen LogP contribution >= 0.6 is 11.8 Å². The van der Waals surface area contributed by atoms with E-state index in [0.29, 0.717) is 39.5 Å². The summed E-state index contributed by atoms with van der Waals surface area (Å²) >= 11 is 0.481. The highest BCUT2D eigenvalue weighted by atomic mass is 32.2. The lowest BCUT2D eigenvalue weighted by molar-refractivity contribution is 0.252. The van der Waals surface area contributed by atoms with Crippen molar-refractivity contribution in [3.8, 4) is 0 Å². The number of hydrogen-bond donors (Lipinski definition) is 3. The molecule has 1 aromatic heterocycles. The van der Waals surface area contributed by atoms with E-state index in [1.54, 1.807) is 31.2 Å². The molecular weight excluding hydrogens is 284 g/mol. The van der Waals surface area contributed by atoms with Crippen molar-refractivity contribution in [2.75, 3.05) is 10.7 Å². The summed E-state index contributed by atoms with van der Waals surface area (Å²) in [5.74, 6) is 3.84. The third kappa shape index (κ3) is 3.34. The summed E-state index contributed by atoms with van der Waals surface area (Å²) in [7, 11) is 0. The maximum atomic E-state index is 12.5. The van der Waals surface area contributed by atoms with Gasteiger partial charge in [-0.25, -0.2) is 15.8 Å². The Morgan fingerprint density at radius 2 is 1.90 bits per heavy atom. The van der Waals surface area contributed by atoms with Crippen molar-refractivity contribution >= 4 is 29.1 Å². The lowest BCUT2D eigenvalue weighted by Gasteiger charge is -2.13. The zero-order chi connectivity index (χ0) is 14.5. The first-order valence-corrected chi connectivity index (χ1v) is 6.59. The number of para-hydroxylation sites is 1. The van der Waals surface area contributed by atoms with E-state index in [-0.39, 0.29) is 0 Å². The van der Waals surface area contributed by atoms with Crippen LogP contribution in [-0.4, -0.2) is 15.7 Å². The molecule has 106 valence electrons. The van der Waals surface area contributed by atoms with Gasteiger partial charge in [0.05, 0.1) is 5.69 Å². The molecule has 2 aromatic rings. The van der Waals surface area contributed by atoms with Crippen LogP contribution in [0, 0.1) is 6.92 Å². The largest absolute Gasteiger partial charge is 0.339 e. The number of rotatable bonds is 5. The minimum Gasteiger partial charge on any atom is -0.339 e. The predicted molar refractivity (Wildman–Crippen MR) is 76.2 cm³/mol. The average molecular weight is 297 g/mol. The normalized spacial score (nSPS) is 10.7. The SMILES string of the molecule is Cc1c(NN)ncnc1Nc1ccccc1SC(F)F. The second-order valence-electron chi connectivity index (χ2n) is 3.84. The molecule has 0 saturated heterocycles. The van der Waals surface area contributed by atoms with Gasteiger partial charge in [0, 0.05) is 10.5 Å². The highest BCUT2D eigenvalue weighted by Crippen LogP contribution is 2.33. The minimum atomic E-state index is -2.48. The molecule has 0 fully saturated rings. The smallest absolute Gasteiger partial charge is 0.288 e. The number of hydrazine groups is 1. The summed E-state index contributed by atoms with van der Waals surface area (Å²) in [5.41, 5.74) is 3.71. The van der Waals surface area contributed by atoms with Gasteiger partial charge in [-0.1, -0.05) is 23.9 Å². The van der Waals surface area contributed by atoms with E-state index in [1.807, 2.05) is 0 Å². The Labute approximate surface area is 119 Å². The molecule has 0 aliphatic carbocycles. The number of nitrogens with two attached hydrogens (primary N) is 1. The number of hydrogen-bond acceptors (Lipinski definition) is 6. The molecule has 4 N–H and O–H groups in total. The minimum absolute atomic E-state index is 0.447. The molecule has 0 amide bonds. The fraction of sp³-hybridized carbons (Fsp3) is 0.167. The summed E-state index contributed by atoms with van der Waals surface area (Å²) in [6, 6.07) is 6.80. The summed E-state index contributed by atoms with van der Waals surface area (Å²) in [4.78, 5) is 8.49. The van der Waals surface area contributed by atoms with Crippen LogP contribution in [0.1, 0.15) is 5.56 Å². The predicted octanol–water partition coefficient (Wildman–Crippen LogP) is 3.13. The standard InChI is InChI=1S/C12H13F2N5S/c1-7-10(16-6-17-11(7)19-15)18-8-4-2-3-5-9(8)20-12(13)14/h2-6,12H,15H2,1H3,(H2,16,17,18,19). The fourth-order valence-electron chi connectivity index (χ4n) is 1.62. The first-order valence-electron chi connectivity index (χ1n) is 5.71. The van der Waals surface area contributed by atoms with Gasteiger partial charge in [-0.15, -0.1) is 0 Å². The molecule has 0 saturated carbocycles. The number of halogens is 2. The quantitative estimate of drug-likeness (QED) is 0.447. The monoisotopic (exact) mass is 297 g/mol. The van der Waals surface area contributed by atoms with Gasteiger partial charge >= 0.3 is 0 Å². The maximum Gasteiger partial charge on any atom is 0.288 e. The van der Waals surface area contributed by atoms with Gasteiger partial charge in [0.15, 0.2) is 0 Å². The fourth-order valence-corrected chi connectivity index (χ4v) is 2.21. The van der Waals surface area contributed by atoms with Gasteiger partial charge in [0.2, 0.25) is 0 Å². The van der Waals surface area contributed by atoms with Crippen LogP contribution < -0.4 is 16.6 Å². The van der Waals surface area contributed by atoms with E-state index >= 15 is 0 Å². The van der Waals surface area contributed by atoms with Crippen molar-refractivity contribution < 1.29 is 8.78 Å². The molecule has 0 spiro atoms. The zero-order valence-electron chi connectivity index (χ0n) is 10.6. The summed E-state index contributed by atoms with van der Waals surface area (Å²) < 4.78 is 25.0. The van der Waals surface area contributed by atoms with Crippen molar-refractivity contribution in [2.45, 2.75) is 17.6 Å². The third-order valence-electron chi connectivity index (χ3n) is 2.58. The summed E-state index contributed by atoms with van der Waals surface area (Å²) in [5, 5.41) is 3.02. The molecule has 0 aliphatic heterocycles. The molecule has 1 aromatic carbocycles. The Bertz CT molecular complexity index is 594. The number of nitrogens with zero attached hydrogens (tertiary/aromatic N) is 2. The van der Waals surface area contributed by atoms with Crippen molar-refractivity contribution in [2.24, 2.45) is 5.84 Å². The van der Waals surface area contributed by atoms with Gasteiger partial charge < -0.3 is 10.7 Å². The molecule has 0 radical (unpaired) electrons. The van der Waals surface area contributed by atoms with Crippen molar-refractivity contribution in [3.05, 3.63) is 36.2 Å². The third-order valence-corrected chi connectivity index (χ3v) is 3.37. The van der Waals surface area contributed by atoms with E-state index in [1.165, 1.54) is 6.33 Å². The summed E-state index contributed by atoms with van der Waals surface area (Å²) in [6.45, 7) is 1.78. The molecule has 0 atom stereocenters. The first kappa shape index (κ1) is 14.5. The molecule has 0 aliphatic rings. The molecule has 8 heteroatoms. The molecule has 0 unspecified atom stereocenters. The molecular formula is C12H13F2N5S. The first-order chi connectivity index (χ1) is 9.61. The van der Waals surface area contributed by atoms with Crippen LogP contribution in [0.25, 0.3) is 0 Å². The highest BCUT2D eigenvalue weighted by Gasteiger charge is 2.12. The topological polar surface area (TPSA) is 75.9 Å². The van der Waals surface area contributed by atoms with E-state index in [0.717, 1.165) is 0 Å². The lowest BCUT2D eigenvalue weighted by Crippen LogP contribution is -2.11. The Kier molecular flexibility index (Phi) is 4.70. The van der Waals surface area contributed by atoms with Crippen molar-refractivity contribution in [3.63, 3.8) is 0 Å². The number of anilines is 3. The van der Waals surface area contributed by atoms with Gasteiger partial charge in [-0.2, -0.15) is 8.78 Å². The summed E-state index contributed by atoms with van der Waals surface area (Å²) in [6.07, 6.45) is 1.34. The van der Waals surface area contributed by atoms with E-state index in [4.69, 9.17) is 5.84 Å². The number of alkyl halides is 2. The Hall–Kier alpha value is -1.93. The van der Waals surface area contributed by atoms with Gasteiger partial charge in [0.25, 0.3) is 5.76 Å². The maximum absolute atomic E-state index is 12.5. The number of nitrogen functional groups attached to an aromatic ring is 1. The van der Waals surface area contributed by atoms with E-state index < -0.39 is 5.76 Å².